The lowest BCUT2D eigenvalue weighted by Gasteiger charge is -2.29. The Morgan fingerprint density at radius 2 is 1.90 bits per heavy atom. The summed E-state index contributed by atoms with van der Waals surface area (Å²) in [5, 5.41) is 21.9. The van der Waals surface area contributed by atoms with E-state index in [1.165, 1.54) is 0 Å². The number of hydrogen-bond acceptors (Lipinski definition) is 3. The first-order chi connectivity index (χ1) is 9.41. The van der Waals surface area contributed by atoms with Crippen molar-refractivity contribution in [1.29, 1.82) is 0 Å². The van der Waals surface area contributed by atoms with Gasteiger partial charge in [0.05, 0.1) is 6.10 Å². The fraction of sp³-hybridized carbons (Fsp3) is 0.857. The van der Waals surface area contributed by atoms with Gasteiger partial charge in [-0.2, -0.15) is 0 Å². The maximum Gasteiger partial charge on any atom is 0.329 e. The van der Waals surface area contributed by atoms with E-state index in [1.54, 1.807) is 11.8 Å². The van der Waals surface area contributed by atoms with Gasteiger partial charge in [0.2, 0.25) is 0 Å². The van der Waals surface area contributed by atoms with Crippen LogP contribution in [0.15, 0.2) is 0 Å². The highest BCUT2D eigenvalue weighted by Gasteiger charge is 2.50. The van der Waals surface area contributed by atoms with Gasteiger partial charge in [-0.3, -0.25) is 0 Å². The molecule has 6 nitrogen and oxygen atoms in total. The highest BCUT2D eigenvalue weighted by molar-refractivity contribution is 5.86. The number of rotatable bonds is 3. The summed E-state index contributed by atoms with van der Waals surface area (Å²) in [7, 11) is 0. The van der Waals surface area contributed by atoms with Gasteiger partial charge in [0.15, 0.2) is 0 Å². The third-order valence-electron chi connectivity index (χ3n) is 5.31. The van der Waals surface area contributed by atoms with Gasteiger partial charge in [-0.1, -0.05) is 0 Å². The molecule has 4 unspecified atom stereocenters. The molecule has 4 atom stereocenters. The molecule has 2 aliphatic carbocycles. The van der Waals surface area contributed by atoms with Crippen LogP contribution in [0.1, 0.15) is 32.6 Å². The second kappa shape index (κ2) is 4.62. The van der Waals surface area contributed by atoms with Crippen LogP contribution in [0, 0.1) is 17.8 Å². The molecule has 3 rings (SSSR count). The molecule has 6 heteroatoms. The minimum absolute atomic E-state index is 0.0386. The summed E-state index contributed by atoms with van der Waals surface area (Å²) in [4.78, 5) is 25.4. The topological polar surface area (TPSA) is 89.9 Å². The average molecular weight is 282 g/mol. The van der Waals surface area contributed by atoms with Gasteiger partial charge in [-0.05, 0) is 44.4 Å². The molecule has 0 spiro atoms. The summed E-state index contributed by atoms with van der Waals surface area (Å²) >= 11 is 0. The van der Waals surface area contributed by atoms with Crippen LogP contribution in [0.2, 0.25) is 0 Å². The molecular weight excluding hydrogens is 260 g/mol. The third kappa shape index (κ3) is 2.16. The summed E-state index contributed by atoms with van der Waals surface area (Å²) in [6, 6.07) is -0.302. The number of amides is 2. The molecule has 112 valence electrons. The van der Waals surface area contributed by atoms with Gasteiger partial charge in [0, 0.05) is 19.0 Å². The zero-order valence-corrected chi connectivity index (χ0v) is 11.7. The summed E-state index contributed by atoms with van der Waals surface area (Å²) in [5.74, 6) is -0.394. The SMILES string of the molecule is CC(NC(=O)N1CC2CCC(O)C2C1)(C(=O)O)C1CC1. The van der Waals surface area contributed by atoms with Crippen molar-refractivity contribution in [2.75, 3.05) is 13.1 Å². The van der Waals surface area contributed by atoms with E-state index in [9.17, 15) is 19.8 Å². The summed E-state index contributed by atoms with van der Waals surface area (Å²) in [6.07, 6.45) is 3.17. The lowest BCUT2D eigenvalue weighted by atomic mass is 9.96. The number of carboxylic acids is 1. The molecule has 0 aromatic heterocycles. The molecule has 1 heterocycles. The monoisotopic (exact) mass is 282 g/mol. The standard InChI is InChI=1S/C14H22N2O4/c1-14(12(18)19,9-3-4-9)15-13(20)16-6-8-2-5-11(17)10(8)7-16/h8-11,17H,2-7H2,1H3,(H,15,20)(H,18,19). The van der Waals surface area contributed by atoms with Gasteiger partial charge in [0.1, 0.15) is 5.54 Å². The maximum atomic E-state index is 12.3. The second-order valence-corrected chi connectivity index (χ2v) is 6.69. The molecule has 0 aromatic rings. The molecule has 2 saturated carbocycles. The Morgan fingerprint density at radius 1 is 1.20 bits per heavy atom. The van der Waals surface area contributed by atoms with Crippen LogP contribution < -0.4 is 5.32 Å². The summed E-state index contributed by atoms with van der Waals surface area (Å²) in [5.41, 5.74) is -1.16. The Kier molecular flexibility index (Phi) is 3.16. The van der Waals surface area contributed by atoms with Crippen LogP contribution >= 0.6 is 0 Å². The molecule has 20 heavy (non-hydrogen) atoms. The van der Waals surface area contributed by atoms with E-state index >= 15 is 0 Å². The zero-order valence-electron chi connectivity index (χ0n) is 11.7. The number of hydrogen-bond donors (Lipinski definition) is 3. The Labute approximate surface area is 118 Å². The predicted molar refractivity (Wildman–Crippen MR) is 71.1 cm³/mol. The molecule has 1 aliphatic heterocycles. The van der Waals surface area contributed by atoms with E-state index < -0.39 is 11.5 Å². The lowest BCUT2D eigenvalue weighted by Crippen LogP contribution is -2.57. The summed E-state index contributed by atoms with van der Waals surface area (Å²) in [6.45, 7) is 2.77. The van der Waals surface area contributed by atoms with Crippen LogP contribution in [0.5, 0.6) is 0 Å². The molecule has 3 aliphatic rings. The minimum Gasteiger partial charge on any atom is -0.480 e. The Morgan fingerprint density at radius 3 is 2.45 bits per heavy atom. The number of carboxylic acid groups (broad SMARTS) is 1. The van der Waals surface area contributed by atoms with Crippen molar-refractivity contribution >= 4 is 12.0 Å². The first-order valence-electron chi connectivity index (χ1n) is 7.40. The molecule has 0 radical (unpaired) electrons. The number of urea groups is 1. The average Bonchev–Trinajstić information content (AvgIpc) is 3.07. The van der Waals surface area contributed by atoms with E-state index in [1.807, 2.05) is 0 Å². The first kappa shape index (κ1) is 13.7. The number of aliphatic hydroxyl groups is 1. The fourth-order valence-corrected chi connectivity index (χ4v) is 3.69. The third-order valence-corrected chi connectivity index (χ3v) is 5.31. The number of likely N-dealkylation sites (tertiary alicyclic amines) is 1. The van der Waals surface area contributed by atoms with Crippen LogP contribution in [-0.4, -0.2) is 51.8 Å². The largest absolute Gasteiger partial charge is 0.480 e. The van der Waals surface area contributed by atoms with E-state index in [2.05, 4.69) is 5.32 Å². The van der Waals surface area contributed by atoms with Crippen LogP contribution in [0.3, 0.4) is 0 Å². The number of nitrogens with one attached hydrogen (secondary N) is 1. The van der Waals surface area contributed by atoms with Crippen LogP contribution in [0.25, 0.3) is 0 Å². The smallest absolute Gasteiger partial charge is 0.329 e. The minimum atomic E-state index is -1.16. The molecule has 3 N–H and O–H groups in total. The number of carbonyl (C=O) groups excluding carboxylic acids is 1. The van der Waals surface area contributed by atoms with Crippen molar-refractivity contribution in [3.8, 4) is 0 Å². The normalized spacial score (nSPS) is 35.5. The first-order valence-corrected chi connectivity index (χ1v) is 7.40. The molecule has 3 fully saturated rings. The van der Waals surface area contributed by atoms with Gasteiger partial charge in [0.25, 0.3) is 0 Å². The van der Waals surface area contributed by atoms with Crippen molar-refractivity contribution in [1.82, 2.24) is 10.2 Å². The van der Waals surface area contributed by atoms with E-state index in [4.69, 9.17) is 0 Å². The highest BCUT2D eigenvalue weighted by atomic mass is 16.4. The van der Waals surface area contributed by atoms with Crippen LogP contribution in [0.4, 0.5) is 4.79 Å². The van der Waals surface area contributed by atoms with Gasteiger partial charge >= 0.3 is 12.0 Å². The number of fused-ring (bicyclic) bond motifs is 1. The van der Waals surface area contributed by atoms with Gasteiger partial charge in [-0.25, -0.2) is 9.59 Å². The Balaban J connectivity index is 1.64. The van der Waals surface area contributed by atoms with Crippen molar-refractivity contribution in [2.24, 2.45) is 17.8 Å². The Hall–Kier alpha value is -1.30. The van der Waals surface area contributed by atoms with Crippen molar-refractivity contribution in [3.05, 3.63) is 0 Å². The molecule has 1 saturated heterocycles. The molecular formula is C14H22N2O4. The van der Waals surface area contributed by atoms with E-state index in [0.717, 1.165) is 25.7 Å². The number of nitrogens with zero attached hydrogens (tertiary/aromatic N) is 1. The van der Waals surface area contributed by atoms with Crippen molar-refractivity contribution in [3.63, 3.8) is 0 Å². The van der Waals surface area contributed by atoms with E-state index in [-0.39, 0.29) is 24.0 Å². The number of carbonyl (C=O) groups is 2. The number of aliphatic hydroxyl groups excluding tert-OH is 1. The van der Waals surface area contributed by atoms with Crippen molar-refractivity contribution in [2.45, 2.75) is 44.2 Å². The lowest BCUT2D eigenvalue weighted by molar-refractivity contribution is -0.144. The number of aliphatic carboxylic acids is 1. The quantitative estimate of drug-likeness (QED) is 0.709. The zero-order chi connectivity index (χ0) is 14.5. The second-order valence-electron chi connectivity index (χ2n) is 6.69. The molecule has 0 aromatic carbocycles. The molecule has 2 amide bonds. The van der Waals surface area contributed by atoms with Gasteiger partial charge < -0.3 is 20.4 Å². The fourth-order valence-electron chi connectivity index (χ4n) is 3.69. The maximum absolute atomic E-state index is 12.3. The highest BCUT2D eigenvalue weighted by Crippen LogP contribution is 2.41. The Bertz CT molecular complexity index is 437. The molecule has 0 bridgehead atoms. The van der Waals surface area contributed by atoms with E-state index in [0.29, 0.717) is 19.0 Å². The van der Waals surface area contributed by atoms with Crippen molar-refractivity contribution < 1.29 is 19.8 Å². The summed E-state index contributed by atoms with van der Waals surface area (Å²) < 4.78 is 0. The van der Waals surface area contributed by atoms with Crippen LogP contribution in [-0.2, 0) is 4.79 Å². The van der Waals surface area contributed by atoms with Gasteiger partial charge in [-0.15, -0.1) is 0 Å². The predicted octanol–water partition coefficient (Wildman–Crippen LogP) is 0.652.